The first kappa shape index (κ1) is 12.6. The van der Waals surface area contributed by atoms with Crippen LogP contribution in [0.5, 0.6) is 0 Å². The Bertz CT molecular complexity index is 1030. The lowest BCUT2D eigenvalue weighted by atomic mass is 10.2. The third-order valence-electron chi connectivity index (χ3n) is 3.31. The molecule has 0 aliphatic rings. The van der Waals surface area contributed by atoms with Crippen LogP contribution >= 0.6 is 45.3 Å². The van der Waals surface area contributed by atoms with E-state index in [0.29, 0.717) is 0 Å². The molecule has 0 bridgehead atoms. The monoisotopic (exact) mass is 404 g/mol. The maximum Gasteiger partial charge on any atom is 0.0542 e. The summed E-state index contributed by atoms with van der Waals surface area (Å²) in [6.07, 6.45) is 0. The number of benzene rings is 2. The van der Waals surface area contributed by atoms with Crippen LogP contribution in [0.2, 0.25) is 0 Å². The number of rotatable bonds is 0. The van der Waals surface area contributed by atoms with Gasteiger partial charge in [0.05, 0.1) is 9.40 Å². The summed E-state index contributed by atoms with van der Waals surface area (Å²) in [5, 5.41) is 2.75. The van der Waals surface area contributed by atoms with Gasteiger partial charge in [0.2, 0.25) is 0 Å². The van der Waals surface area contributed by atoms with E-state index in [4.69, 9.17) is 0 Å². The largest absolute Gasteiger partial charge is 0.134 e. The molecule has 0 amide bonds. The van der Waals surface area contributed by atoms with Gasteiger partial charge in [-0.2, -0.15) is 0 Å². The average molecular weight is 404 g/mol. The lowest BCUT2D eigenvalue weighted by molar-refractivity contribution is 1.74. The van der Waals surface area contributed by atoms with E-state index >= 15 is 0 Å². The molecule has 0 aliphatic carbocycles. The van der Waals surface area contributed by atoms with Crippen molar-refractivity contribution in [2.45, 2.75) is 6.92 Å². The summed E-state index contributed by atoms with van der Waals surface area (Å²) in [6, 6.07) is 13.3. The molecular weight excluding hydrogens is 395 g/mol. The Hall–Kier alpha value is -1.09. The van der Waals surface area contributed by atoms with Gasteiger partial charge in [-0.15, -0.1) is 28.6 Å². The molecule has 3 heteroatoms. The van der Waals surface area contributed by atoms with Gasteiger partial charge >= 0.3 is 0 Å². The minimum absolute atomic E-state index is 1.10. The molecule has 0 nitrogen and oxygen atoms in total. The van der Waals surface area contributed by atoms with Crippen LogP contribution in [-0.2, 0) is 0 Å². The van der Waals surface area contributed by atoms with E-state index in [-0.39, 0.29) is 0 Å². The van der Waals surface area contributed by atoms with Crippen molar-refractivity contribution in [3.05, 3.63) is 45.5 Å². The van der Waals surface area contributed by atoms with E-state index in [1.165, 1.54) is 33.1 Å². The Morgan fingerprint density at radius 3 is 2.25 bits per heavy atom. The highest BCUT2D eigenvalue weighted by Gasteiger charge is 2.12. The number of hydrogen-bond donors (Lipinski definition) is 0. The molecule has 4 rings (SSSR count). The van der Waals surface area contributed by atoms with Crippen molar-refractivity contribution in [2.75, 3.05) is 0 Å². The van der Waals surface area contributed by atoms with Crippen LogP contribution in [0.1, 0.15) is 12.5 Å². The van der Waals surface area contributed by atoms with Crippen molar-refractivity contribution in [1.29, 1.82) is 0 Å². The highest BCUT2D eigenvalue weighted by molar-refractivity contribution is 14.1. The third-order valence-corrected chi connectivity index (χ3v) is 6.49. The standard InChI is InChI=1S/C17H9IS2/c1-2-3-10-4-6-12-14(8-10)19-17-13-7-5-11(18)9-15(13)20-16(12)17/h4-9H,1H3. The van der Waals surface area contributed by atoms with Crippen molar-refractivity contribution in [3.8, 4) is 11.8 Å². The van der Waals surface area contributed by atoms with E-state index in [2.05, 4.69) is 70.8 Å². The molecule has 4 aromatic rings. The molecule has 2 aromatic carbocycles. The van der Waals surface area contributed by atoms with Gasteiger partial charge in [-0.1, -0.05) is 18.1 Å². The first-order chi connectivity index (χ1) is 9.76. The van der Waals surface area contributed by atoms with Gasteiger partial charge in [-0.3, -0.25) is 0 Å². The molecular formula is C17H9IS2. The second-order valence-corrected chi connectivity index (χ2v) is 7.94. The molecule has 0 unspecified atom stereocenters. The predicted molar refractivity (Wildman–Crippen MR) is 100.0 cm³/mol. The summed E-state index contributed by atoms with van der Waals surface area (Å²) in [7, 11) is 0. The highest BCUT2D eigenvalue weighted by atomic mass is 127. The molecule has 0 saturated heterocycles. The summed E-state index contributed by atoms with van der Waals surface area (Å²) in [5.41, 5.74) is 1.10. The highest BCUT2D eigenvalue weighted by Crippen LogP contribution is 2.44. The Kier molecular flexibility index (Phi) is 2.99. The zero-order valence-electron chi connectivity index (χ0n) is 10.7. The summed E-state index contributed by atoms with van der Waals surface area (Å²) in [5.74, 6) is 6.11. The van der Waals surface area contributed by atoms with Crippen LogP contribution in [0.4, 0.5) is 0 Å². The lowest BCUT2D eigenvalue weighted by Gasteiger charge is -1.92. The fourth-order valence-electron chi connectivity index (χ4n) is 2.45. The molecule has 20 heavy (non-hydrogen) atoms. The molecule has 0 saturated carbocycles. The topological polar surface area (TPSA) is 0 Å². The maximum absolute atomic E-state index is 3.14. The van der Waals surface area contributed by atoms with E-state index < -0.39 is 0 Å². The van der Waals surface area contributed by atoms with E-state index in [9.17, 15) is 0 Å². The van der Waals surface area contributed by atoms with E-state index in [1.54, 1.807) is 0 Å². The third kappa shape index (κ3) is 1.86. The van der Waals surface area contributed by atoms with Crippen LogP contribution in [0.15, 0.2) is 36.4 Å². The number of halogens is 1. The van der Waals surface area contributed by atoms with Crippen molar-refractivity contribution in [1.82, 2.24) is 0 Å². The molecule has 2 heterocycles. The van der Waals surface area contributed by atoms with Crippen molar-refractivity contribution < 1.29 is 0 Å². The van der Waals surface area contributed by atoms with Gasteiger partial charge in [0.1, 0.15) is 0 Å². The molecule has 2 aromatic heterocycles. The smallest absolute Gasteiger partial charge is 0.0542 e. The maximum atomic E-state index is 3.14. The summed E-state index contributed by atoms with van der Waals surface area (Å²) >= 11 is 6.16. The first-order valence-electron chi connectivity index (χ1n) is 6.23. The van der Waals surface area contributed by atoms with Gasteiger partial charge in [0.15, 0.2) is 0 Å². The van der Waals surface area contributed by atoms with Gasteiger partial charge < -0.3 is 0 Å². The van der Waals surface area contributed by atoms with Crippen LogP contribution in [0, 0.1) is 15.4 Å². The molecule has 0 atom stereocenters. The Labute approximate surface area is 138 Å². The van der Waals surface area contributed by atoms with Crippen molar-refractivity contribution >= 4 is 74.8 Å². The lowest BCUT2D eigenvalue weighted by Crippen LogP contribution is -1.71. The molecule has 0 fully saturated rings. The molecule has 0 radical (unpaired) electrons. The Balaban J connectivity index is 2.11. The molecule has 0 aliphatic heterocycles. The van der Waals surface area contributed by atoms with E-state index in [0.717, 1.165) is 5.56 Å². The second kappa shape index (κ2) is 4.73. The minimum atomic E-state index is 1.10. The number of fused-ring (bicyclic) bond motifs is 5. The summed E-state index contributed by atoms with van der Waals surface area (Å²) in [4.78, 5) is 0. The van der Waals surface area contributed by atoms with Crippen LogP contribution < -0.4 is 0 Å². The van der Waals surface area contributed by atoms with E-state index in [1.807, 2.05) is 29.6 Å². The Morgan fingerprint density at radius 2 is 1.55 bits per heavy atom. The SMILES string of the molecule is CC#Cc1ccc2c(c1)sc1c3ccc(I)cc3sc21. The van der Waals surface area contributed by atoms with Gasteiger partial charge in [0, 0.05) is 29.3 Å². The first-order valence-corrected chi connectivity index (χ1v) is 8.94. The summed E-state index contributed by atoms with van der Waals surface area (Å²) in [6.45, 7) is 1.88. The fraction of sp³-hybridized carbons (Fsp3) is 0.0588. The number of hydrogen-bond acceptors (Lipinski definition) is 2. The molecule has 96 valence electrons. The van der Waals surface area contributed by atoms with Crippen LogP contribution in [0.25, 0.3) is 29.6 Å². The van der Waals surface area contributed by atoms with Crippen LogP contribution in [-0.4, -0.2) is 0 Å². The quantitative estimate of drug-likeness (QED) is 0.240. The van der Waals surface area contributed by atoms with Crippen molar-refractivity contribution in [2.24, 2.45) is 0 Å². The normalized spacial score (nSPS) is 11.1. The predicted octanol–water partition coefficient (Wildman–Crippen LogP) is 6.25. The zero-order chi connectivity index (χ0) is 13.7. The van der Waals surface area contributed by atoms with Gasteiger partial charge in [-0.25, -0.2) is 0 Å². The fourth-order valence-corrected chi connectivity index (χ4v) is 5.89. The zero-order valence-corrected chi connectivity index (χ0v) is 14.4. The van der Waals surface area contributed by atoms with Gasteiger partial charge in [-0.05, 0) is 53.8 Å². The van der Waals surface area contributed by atoms with Crippen molar-refractivity contribution in [3.63, 3.8) is 0 Å². The average Bonchev–Trinajstić information content (AvgIpc) is 2.93. The van der Waals surface area contributed by atoms with Crippen LogP contribution in [0.3, 0.4) is 0 Å². The molecule has 0 spiro atoms. The Morgan fingerprint density at radius 1 is 0.900 bits per heavy atom. The number of thiophene rings is 2. The van der Waals surface area contributed by atoms with Gasteiger partial charge in [0.25, 0.3) is 0 Å². The molecule has 0 N–H and O–H groups in total. The summed E-state index contributed by atoms with van der Waals surface area (Å²) < 4.78 is 6.86. The minimum Gasteiger partial charge on any atom is -0.134 e. The second-order valence-electron chi connectivity index (χ2n) is 4.59.